The summed E-state index contributed by atoms with van der Waals surface area (Å²) in [6, 6.07) is 22.2. The molecule has 1 aliphatic rings. The summed E-state index contributed by atoms with van der Waals surface area (Å²) in [5.74, 6) is -0.249. The van der Waals surface area contributed by atoms with Crippen molar-refractivity contribution in [2.24, 2.45) is 4.99 Å². The number of nitrogens with zero attached hydrogens (tertiary/aromatic N) is 3. The van der Waals surface area contributed by atoms with Crippen LogP contribution in [0, 0.1) is 3.57 Å². The van der Waals surface area contributed by atoms with Gasteiger partial charge in [-0.3, -0.25) is 14.5 Å². The Morgan fingerprint density at radius 2 is 1.74 bits per heavy atom. The molecule has 0 radical (unpaired) electrons. The van der Waals surface area contributed by atoms with Crippen molar-refractivity contribution in [3.8, 4) is 0 Å². The van der Waals surface area contributed by atoms with E-state index in [-0.39, 0.29) is 18.2 Å². The zero-order valence-electron chi connectivity index (χ0n) is 19.5. The summed E-state index contributed by atoms with van der Waals surface area (Å²) in [4.78, 5) is 32.2. The zero-order valence-corrected chi connectivity index (χ0v) is 22.5. The predicted octanol–water partition coefficient (Wildman–Crippen LogP) is 6.40. The van der Waals surface area contributed by atoms with E-state index in [1.165, 1.54) is 28.2 Å². The number of aromatic nitrogens is 1. The second-order valence-corrected chi connectivity index (χ2v) is 10.7. The van der Waals surface area contributed by atoms with Crippen molar-refractivity contribution in [2.75, 3.05) is 11.9 Å². The molecule has 5 rings (SSSR count). The maximum absolute atomic E-state index is 13.0. The molecule has 1 atom stereocenters. The number of thioether (sulfide) groups is 1. The van der Waals surface area contributed by atoms with E-state index < -0.39 is 5.25 Å². The minimum atomic E-state index is -0.483. The summed E-state index contributed by atoms with van der Waals surface area (Å²) in [6.07, 6.45) is 0.105. The van der Waals surface area contributed by atoms with Gasteiger partial charge < -0.3 is 9.88 Å². The topological polar surface area (TPSA) is 66.7 Å². The van der Waals surface area contributed by atoms with Crippen molar-refractivity contribution in [3.63, 3.8) is 0 Å². The monoisotopic (exact) mass is 596 g/mol. The van der Waals surface area contributed by atoms with Crippen LogP contribution in [0.2, 0.25) is 0 Å². The molecular formula is C27H25IN4O2S. The molecule has 0 spiro atoms. The Labute approximate surface area is 221 Å². The van der Waals surface area contributed by atoms with E-state index in [1.54, 1.807) is 4.90 Å². The van der Waals surface area contributed by atoms with E-state index in [9.17, 15) is 9.59 Å². The summed E-state index contributed by atoms with van der Waals surface area (Å²) in [5, 5.41) is 5.39. The molecule has 1 fully saturated rings. The van der Waals surface area contributed by atoms with Gasteiger partial charge in [0.2, 0.25) is 11.8 Å². The molecule has 0 unspecified atom stereocenters. The fourth-order valence-electron chi connectivity index (χ4n) is 4.49. The van der Waals surface area contributed by atoms with E-state index in [4.69, 9.17) is 4.99 Å². The van der Waals surface area contributed by atoms with Crippen LogP contribution in [-0.4, -0.2) is 38.2 Å². The Morgan fingerprint density at radius 1 is 1.00 bits per heavy atom. The maximum Gasteiger partial charge on any atom is 0.242 e. The minimum absolute atomic E-state index is 0.0716. The molecule has 178 valence electrons. The smallest absolute Gasteiger partial charge is 0.242 e. The van der Waals surface area contributed by atoms with Crippen LogP contribution in [0.4, 0.5) is 11.4 Å². The molecule has 3 aromatic carbocycles. The van der Waals surface area contributed by atoms with Crippen molar-refractivity contribution in [1.82, 2.24) is 9.47 Å². The Balaban J connectivity index is 1.40. The molecule has 1 aliphatic heterocycles. The fraction of sp³-hybridized carbons (Fsp3) is 0.222. The molecule has 0 bridgehead atoms. The Kier molecular flexibility index (Phi) is 6.84. The lowest BCUT2D eigenvalue weighted by atomic mass is 10.1. The van der Waals surface area contributed by atoms with Crippen molar-refractivity contribution < 1.29 is 9.59 Å². The van der Waals surface area contributed by atoms with Crippen LogP contribution in [0.15, 0.2) is 71.7 Å². The largest absolute Gasteiger partial charge is 0.341 e. The molecule has 2 heterocycles. The van der Waals surface area contributed by atoms with Crippen LogP contribution in [0.3, 0.4) is 0 Å². The molecule has 0 aliphatic carbocycles. The lowest BCUT2D eigenvalue weighted by Crippen LogP contribution is -2.33. The van der Waals surface area contributed by atoms with Gasteiger partial charge in [0.25, 0.3) is 0 Å². The summed E-state index contributed by atoms with van der Waals surface area (Å²) in [7, 11) is 0. The first kappa shape index (κ1) is 23.9. The first-order valence-corrected chi connectivity index (χ1v) is 13.6. The minimum Gasteiger partial charge on any atom is -0.341 e. The number of carbonyl (C=O) groups excluding carboxylic acids is 2. The van der Waals surface area contributed by atoms with Gasteiger partial charge in [0.15, 0.2) is 5.17 Å². The van der Waals surface area contributed by atoms with Gasteiger partial charge in [0, 0.05) is 50.6 Å². The van der Waals surface area contributed by atoms with Gasteiger partial charge in [-0.2, -0.15) is 0 Å². The second-order valence-electron chi connectivity index (χ2n) is 8.31. The number of anilines is 1. The molecule has 6 nitrogen and oxygen atoms in total. The molecule has 0 saturated carbocycles. The Bertz CT molecular complexity index is 1460. The molecule has 1 saturated heterocycles. The number of carbonyl (C=O) groups is 2. The van der Waals surface area contributed by atoms with Gasteiger partial charge in [0.05, 0.1) is 5.69 Å². The summed E-state index contributed by atoms with van der Waals surface area (Å²) in [5.41, 5.74) is 3.90. The van der Waals surface area contributed by atoms with E-state index in [2.05, 4.69) is 75.8 Å². The number of aryl methyl sites for hydroxylation is 1. The number of rotatable bonds is 6. The lowest BCUT2D eigenvalue weighted by Gasteiger charge is -2.13. The molecule has 1 N–H and O–H groups in total. The summed E-state index contributed by atoms with van der Waals surface area (Å²) in [6.45, 7) is 5.48. The number of benzene rings is 3. The van der Waals surface area contributed by atoms with Crippen LogP contribution in [0.25, 0.3) is 21.8 Å². The van der Waals surface area contributed by atoms with E-state index in [1.807, 2.05) is 37.3 Å². The molecule has 35 heavy (non-hydrogen) atoms. The standard InChI is InChI=1S/C27H25IN4O2S/c1-3-31-22-8-6-5-7-20(22)21-15-19(13-14-23(21)31)30-27-32(4-2)26(34)24(35-27)16-25(33)29-18-11-9-17(28)10-12-18/h5-15,24H,3-4,16H2,1-2H3,(H,29,33)/t24-/m1/s1. The first-order valence-electron chi connectivity index (χ1n) is 11.6. The normalized spacial score (nSPS) is 17.1. The number of para-hydroxylation sites is 1. The van der Waals surface area contributed by atoms with Crippen LogP contribution in [-0.2, 0) is 16.1 Å². The van der Waals surface area contributed by atoms with Crippen LogP contribution >= 0.6 is 34.4 Å². The third-order valence-electron chi connectivity index (χ3n) is 6.13. The third-order valence-corrected chi connectivity index (χ3v) is 8.03. The summed E-state index contributed by atoms with van der Waals surface area (Å²) >= 11 is 3.59. The summed E-state index contributed by atoms with van der Waals surface area (Å²) < 4.78 is 3.40. The van der Waals surface area contributed by atoms with Crippen LogP contribution in [0.1, 0.15) is 20.3 Å². The predicted molar refractivity (Wildman–Crippen MR) is 153 cm³/mol. The average Bonchev–Trinajstić information content (AvgIpc) is 3.33. The molecule has 4 aromatic rings. The van der Waals surface area contributed by atoms with Crippen LogP contribution < -0.4 is 5.32 Å². The van der Waals surface area contributed by atoms with Gasteiger partial charge in [0.1, 0.15) is 5.25 Å². The average molecular weight is 596 g/mol. The molecule has 2 amide bonds. The number of hydrogen-bond acceptors (Lipinski definition) is 4. The van der Waals surface area contributed by atoms with Gasteiger partial charge >= 0.3 is 0 Å². The van der Waals surface area contributed by atoms with Gasteiger partial charge in [-0.25, -0.2) is 4.99 Å². The highest BCUT2D eigenvalue weighted by Gasteiger charge is 2.38. The number of amides is 2. The molecular weight excluding hydrogens is 571 g/mol. The van der Waals surface area contributed by atoms with Gasteiger partial charge in [-0.15, -0.1) is 0 Å². The second kappa shape index (κ2) is 10.0. The number of fused-ring (bicyclic) bond motifs is 3. The quantitative estimate of drug-likeness (QED) is 0.262. The number of nitrogens with one attached hydrogen (secondary N) is 1. The van der Waals surface area contributed by atoms with Crippen LogP contribution in [0.5, 0.6) is 0 Å². The van der Waals surface area contributed by atoms with Crippen molar-refractivity contribution in [3.05, 3.63) is 70.3 Å². The number of hydrogen-bond donors (Lipinski definition) is 1. The highest BCUT2D eigenvalue weighted by atomic mass is 127. The molecule has 8 heteroatoms. The van der Waals surface area contributed by atoms with Gasteiger partial charge in [-0.05, 0) is 85.0 Å². The number of halogens is 1. The van der Waals surface area contributed by atoms with Crippen molar-refractivity contribution in [1.29, 1.82) is 0 Å². The third kappa shape index (κ3) is 4.69. The highest BCUT2D eigenvalue weighted by molar-refractivity contribution is 14.1. The zero-order chi connectivity index (χ0) is 24.5. The Hall–Kier alpha value is -2.85. The Morgan fingerprint density at radius 3 is 2.49 bits per heavy atom. The highest BCUT2D eigenvalue weighted by Crippen LogP contribution is 2.35. The molecule has 1 aromatic heterocycles. The maximum atomic E-state index is 13.0. The van der Waals surface area contributed by atoms with Crippen molar-refractivity contribution in [2.45, 2.75) is 32.1 Å². The van der Waals surface area contributed by atoms with Crippen molar-refractivity contribution >= 4 is 84.5 Å². The first-order chi connectivity index (χ1) is 17.0. The number of amidine groups is 1. The van der Waals surface area contributed by atoms with Gasteiger partial charge in [-0.1, -0.05) is 30.0 Å². The number of aliphatic imine (C=N–C) groups is 1. The SMILES string of the molecule is CCN1C(=O)[C@@H](CC(=O)Nc2ccc(I)cc2)SC1=Nc1ccc2c(c1)c1ccccc1n2CC. The lowest BCUT2D eigenvalue weighted by molar-refractivity contribution is -0.128. The van der Waals surface area contributed by atoms with E-state index in [0.29, 0.717) is 11.7 Å². The van der Waals surface area contributed by atoms with E-state index in [0.717, 1.165) is 26.9 Å². The van der Waals surface area contributed by atoms with E-state index >= 15 is 0 Å². The fourth-order valence-corrected chi connectivity index (χ4v) is 6.07.